The number of carbonyl (C=O) groups is 1. The van der Waals surface area contributed by atoms with Gasteiger partial charge >= 0.3 is 0 Å². The van der Waals surface area contributed by atoms with E-state index in [0.29, 0.717) is 52.2 Å². The van der Waals surface area contributed by atoms with E-state index in [1.165, 1.54) is 17.7 Å². The molecule has 1 amide bonds. The summed E-state index contributed by atoms with van der Waals surface area (Å²) in [6.45, 7) is 1.15. The maximum atomic E-state index is 14.6. The van der Waals surface area contributed by atoms with Crippen LogP contribution in [0.4, 0.5) is 4.39 Å². The standard InChI is InChI=1S/C35H35BFN9O3/c1-48-29-13-24(34(47)43-19-25(37)14-35(36,38)20-43)11-26-30(29)45(17-22-15-41-46(18-22)27-6-4-10-40-33(27)49-2)32(42-26)28-12-23-5-3-9-39-31(23)44(28)16-21-7-8-21/h3-6,9-13,15,18,21,25H,7-8,14,16-17,19-20,38H2,1-2H3/t25-,35?/m1/s1. The van der Waals surface area contributed by atoms with Crippen molar-refractivity contribution < 1.29 is 18.7 Å². The lowest BCUT2D eigenvalue weighted by atomic mass is 9.72. The molecule has 2 fully saturated rings. The van der Waals surface area contributed by atoms with Gasteiger partial charge in [0.05, 0.1) is 52.6 Å². The maximum Gasteiger partial charge on any atom is 0.254 e. The molecular weight excluding hydrogens is 624 g/mol. The number of piperidine rings is 1. The maximum absolute atomic E-state index is 14.6. The average molecular weight is 660 g/mol. The Morgan fingerprint density at radius 2 is 1.92 bits per heavy atom. The molecule has 1 saturated carbocycles. The number of halogens is 1. The minimum absolute atomic E-state index is 0.0131. The fraction of sp³-hybridized carbons (Fsp3) is 0.343. The molecule has 2 N–H and O–H groups in total. The summed E-state index contributed by atoms with van der Waals surface area (Å²) in [6, 6.07) is 13.2. The number of fused-ring (bicyclic) bond motifs is 2. The Kier molecular flexibility index (Phi) is 7.62. The van der Waals surface area contributed by atoms with E-state index >= 15 is 0 Å². The van der Waals surface area contributed by atoms with Crippen molar-refractivity contribution in [1.29, 1.82) is 0 Å². The minimum Gasteiger partial charge on any atom is -0.494 e. The molecule has 2 atom stereocenters. The van der Waals surface area contributed by atoms with Gasteiger partial charge in [0.25, 0.3) is 5.91 Å². The van der Waals surface area contributed by atoms with Gasteiger partial charge in [0.1, 0.15) is 28.8 Å². The van der Waals surface area contributed by atoms with Crippen molar-refractivity contribution in [2.24, 2.45) is 11.7 Å². The second-order valence-corrected chi connectivity index (χ2v) is 13.1. The number of nitrogens with zero attached hydrogens (tertiary/aromatic N) is 8. The molecule has 0 bridgehead atoms. The van der Waals surface area contributed by atoms with Crippen LogP contribution in [0, 0.1) is 5.92 Å². The Hall–Kier alpha value is -5.24. The molecule has 6 heterocycles. The van der Waals surface area contributed by atoms with Gasteiger partial charge in [-0.25, -0.2) is 24.0 Å². The second kappa shape index (κ2) is 12.0. The monoisotopic (exact) mass is 659 g/mol. The number of imidazole rings is 1. The van der Waals surface area contributed by atoms with E-state index in [4.69, 9.17) is 33.0 Å². The molecule has 6 aromatic rings. The van der Waals surface area contributed by atoms with Crippen molar-refractivity contribution in [2.75, 3.05) is 27.3 Å². The number of benzene rings is 1. The van der Waals surface area contributed by atoms with Crippen LogP contribution in [0.25, 0.3) is 39.3 Å². The number of nitrogens with two attached hydrogens (primary N) is 1. The molecule has 5 aromatic heterocycles. The van der Waals surface area contributed by atoms with E-state index < -0.39 is 17.5 Å². The summed E-state index contributed by atoms with van der Waals surface area (Å²) in [7, 11) is 9.23. The molecule has 1 aliphatic heterocycles. The van der Waals surface area contributed by atoms with Gasteiger partial charge in [-0.3, -0.25) is 4.79 Å². The summed E-state index contributed by atoms with van der Waals surface area (Å²) in [5.41, 5.74) is 9.73. The third kappa shape index (κ3) is 5.79. The molecule has 1 saturated heterocycles. The first-order valence-electron chi connectivity index (χ1n) is 16.3. The number of rotatable bonds is 9. The number of pyridine rings is 2. The van der Waals surface area contributed by atoms with Crippen LogP contribution in [-0.4, -0.2) is 91.4 Å². The topological polar surface area (TPSA) is 131 Å². The smallest absolute Gasteiger partial charge is 0.254 e. The zero-order valence-corrected chi connectivity index (χ0v) is 27.3. The number of methoxy groups -OCH3 is 2. The van der Waals surface area contributed by atoms with Gasteiger partial charge in [-0.2, -0.15) is 5.10 Å². The van der Waals surface area contributed by atoms with E-state index in [2.05, 4.69) is 31.3 Å². The quantitative estimate of drug-likeness (QED) is 0.230. The third-order valence-corrected chi connectivity index (χ3v) is 9.26. The SMILES string of the molecule is [B]C1(N)C[C@@H](F)CN(C(=O)c2cc(OC)c3c(c2)nc(-c2cc4cccnc4n2CC2CC2)n3Cc2cnn(-c3cccnc3OC)c2)C1. The number of carbonyl (C=O) groups excluding carboxylic acids is 1. The number of likely N-dealkylation sites (tertiary alicyclic amines) is 1. The normalized spacial score (nSPS) is 19.5. The summed E-state index contributed by atoms with van der Waals surface area (Å²) >= 11 is 0. The highest BCUT2D eigenvalue weighted by Gasteiger charge is 2.36. The molecule has 1 aliphatic carbocycles. The van der Waals surface area contributed by atoms with Crippen molar-refractivity contribution in [2.45, 2.75) is 44.0 Å². The first kappa shape index (κ1) is 31.1. The fourth-order valence-corrected chi connectivity index (χ4v) is 6.88. The summed E-state index contributed by atoms with van der Waals surface area (Å²) in [6.07, 6.45) is 8.20. The van der Waals surface area contributed by atoms with Crippen LogP contribution in [0.15, 0.2) is 67.3 Å². The molecule has 248 valence electrons. The molecular formula is C35H35BFN9O3. The number of ether oxygens (including phenoxy) is 2. The van der Waals surface area contributed by atoms with Crippen LogP contribution < -0.4 is 15.2 Å². The van der Waals surface area contributed by atoms with E-state index in [9.17, 15) is 9.18 Å². The fourth-order valence-electron chi connectivity index (χ4n) is 6.88. The Bertz CT molecular complexity index is 2210. The van der Waals surface area contributed by atoms with Crippen LogP contribution in [-0.2, 0) is 13.1 Å². The molecule has 2 radical (unpaired) electrons. The van der Waals surface area contributed by atoms with Crippen LogP contribution in [0.1, 0.15) is 35.2 Å². The predicted molar refractivity (Wildman–Crippen MR) is 183 cm³/mol. The first-order valence-corrected chi connectivity index (χ1v) is 16.3. The highest BCUT2D eigenvalue weighted by molar-refractivity contribution is 6.15. The highest BCUT2D eigenvalue weighted by Crippen LogP contribution is 2.38. The third-order valence-electron chi connectivity index (χ3n) is 9.26. The summed E-state index contributed by atoms with van der Waals surface area (Å²) in [4.78, 5) is 29.4. The molecule has 49 heavy (non-hydrogen) atoms. The van der Waals surface area contributed by atoms with Crippen LogP contribution in [0.5, 0.6) is 11.6 Å². The Morgan fingerprint density at radius 1 is 1.10 bits per heavy atom. The molecule has 14 heteroatoms. The van der Waals surface area contributed by atoms with Crippen molar-refractivity contribution in [1.82, 2.24) is 38.8 Å². The minimum atomic E-state index is -1.32. The van der Waals surface area contributed by atoms with Crippen LogP contribution in [0.2, 0.25) is 0 Å². The van der Waals surface area contributed by atoms with Gasteiger partial charge in [0.15, 0.2) is 5.82 Å². The lowest BCUT2D eigenvalue weighted by molar-refractivity contribution is 0.0574. The van der Waals surface area contributed by atoms with Gasteiger partial charge in [-0.05, 0) is 73.1 Å². The van der Waals surface area contributed by atoms with E-state index in [-0.39, 0.29) is 19.5 Å². The molecule has 8 rings (SSSR count). The number of aromatic nitrogens is 7. The van der Waals surface area contributed by atoms with Gasteiger partial charge < -0.3 is 29.2 Å². The highest BCUT2D eigenvalue weighted by atomic mass is 19.1. The number of hydrogen-bond donors (Lipinski definition) is 1. The van der Waals surface area contributed by atoms with E-state index in [1.807, 2.05) is 24.4 Å². The average Bonchev–Trinajstić information content (AvgIpc) is 3.49. The lowest BCUT2D eigenvalue weighted by Crippen LogP contribution is -2.59. The predicted octanol–water partition coefficient (Wildman–Crippen LogP) is 4.12. The van der Waals surface area contributed by atoms with Gasteiger partial charge in [0, 0.05) is 48.2 Å². The van der Waals surface area contributed by atoms with Gasteiger partial charge in [-0.1, -0.05) is 0 Å². The van der Waals surface area contributed by atoms with Crippen molar-refractivity contribution in [3.8, 4) is 28.8 Å². The molecule has 1 unspecified atom stereocenters. The Morgan fingerprint density at radius 3 is 2.69 bits per heavy atom. The largest absolute Gasteiger partial charge is 0.494 e. The number of hydrogen-bond acceptors (Lipinski definition) is 8. The van der Waals surface area contributed by atoms with Gasteiger partial charge in [-0.15, -0.1) is 0 Å². The van der Waals surface area contributed by atoms with E-state index in [1.54, 1.807) is 49.6 Å². The molecule has 12 nitrogen and oxygen atoms in total. The van der Waals surface area contributed by atoms with E-state index in [0.717, 1.165) is 28.8 Å². The molecule has 2 aliphatic rings. The van der Waals surface area contributed by atoms with Crippen molar-refractivity contribution >= 4 is 35.8 Å². The number of amides is 1. The molecule has 1 aromatic carbocycles. The Balaban J connectivity index is 1.28. The first-order chi connectivity index (χ1) is 23.7. The van der Waals surface area contributed by atoms with Gasteiger partial charge in [0.2, 0.25) is 5.88 Å². The zero-order valence-electron chi connectivity index (χ0n) is 27.3. The van der Waals surface area contributed by atoms with Crippen molar-refractivity contribution in [3.63, 3.8) is 0 Å². The van der Waals surface area contributed by atoms with Crippen LogP contribution >= 0.6 is 0 Å². The summed E-state index contributed by atoms with van der Waals surface area (Å²) in [5.74, 6) is 1.77. The molecule has 0 spiro atoms. The second-order valence-electron chi connectivity index (χ2n) is 13.1. The summed E-state index contributed by atoms with van der Waals surface area (Å²) < 4.78 is 32.1. The van der Waals surface area contributed by atoms with Crippen LogP contribution in [0.3, 0.4) is 0 Å². The Labute approximate surface area is 283 Å². The van der Waals surface area contributed by atoms with Crippen molar-refractivity contribution in [3.05, 3.63) is 78.4 Å². The zero-order chi connectivity index (χ0) is 33.9. The summed E-state index contributed by atoms with van der Waals surface area (Å²) in [5, 5.41) is 5.63. The lowest BCUT2D eigenvalue weighted by Gasteiger charge is -2.40. The number of alkyl halides is 1.